The molecule has 0 aliphatic heterocycles. The first-order chi connectivity index (χ1) is 3.91. The summed E-state index contributed by atoms with van der Waals surface area (Å²) in [5, 5.41) is 0. The monoisotopic (exact) mass is 126 g/mol. The van der Waals surface area contributed by atoms with Gasteiger partial charge in [0.2, 0.25) is 0 Å². The fourth-order valence-electron chi connectivity index (χ4n) is 0.748. The van der Waals surface area contributed by atoms with Crippen molar-refractivity contribution < 1.29 is 0 Å². The van der Waals surface area contributed by atoms with Crippen LogP contribution in [0.4, 0.5) is 0 Å². The largest absolute Gasteiger partial charge is 0.330 e. The zero-order valence-corrected chi connectivity index (χ0v) is 6.40. The molecular formula is C7H17BN. The number of rotatable bonds is 5. The summed E-state index contributed by atoms with van der Waals surface area (Å²) in [5.74, 6) is 0. The minimum absolute atomic E-state index is 0. The van der Waals surface area contributed by atoms with Gasteiger partial charge in [0.25, 0.3) is 0 Å². The van der Waals surface area contributed by atoms with E-state index < -0.39 is 0 Å². The summed E-state index contributed by atoms with van der Waals surface area (Å²) in [7, 11) is 0. The molecule has 3 radical (unpaired) electrons. The van der Waals surface area contributed by atoms with Crippen molar-refractivity contribution >= 4 is 8.41 Å². The van der Waals surface area contributed by atoms with Crippen molar-refractivity contribution in [2.45, 2.75) is 39.0 Å². The predicted octanol–water partition coefficient (Wildman–Crippen LogP) is 1.53. The zero-order chi connectivity index (χ0) is 6.24. The van der Waals surface area contributed by atoms with Gasteiger partial charge in [0.15, 0.2) is 0 Å². The van der Waals surface area contributed by atoms with Crippen molar-refractivity contribution in [2.24, 2.45) is 5.73 Å². The average molecular weight is 126 g/mol. The Labute approximate surface area is 60.6 Å². The third kappa shape index (κ3) is 11.5. The van der Waals surface area contributed by atoms with Gasteiger partial charge in [-0.25, -0.2) is 0 Å². The van der Waals surface area contributed by atoms with Crippen molar-refractivity contribution in [1.29, 1.82) is 0 Å². The van der Waals surface area contributed by atoms with Gasteiger partial charge in [-0.1, -0.05) is 32.6 Å². The zero-order valence-electron chi connectivity index (χ0n) is 6.40. The third-order valence-corrected chi connectivity index (χ3v) is 1.31. The van der Waals surface area contributed by atoms with Gasteiger partial charge in [0.1, 0.15) is 0 Å². The Bertz CT molecular complexity index is 33.9. The molecule has 0 bridgehead atoms. The lowest BCUT2D eigenvalue weighted by molar-refractivity contribution is 0.638. The van der Waals surface area contributed by atoms with Crippen molar-refractivity contribution in [1.82, 2.24) is 0 Å². The third-order valence-electron chi connectivity index (χ3n) is 1.31. The van der Waals surface area contributed by atoms with Gasteiger partial charge < -0.3 is 5.73 Å². The second kappa shape index (κ2) is 10.9. The summed E-state index contributed by atoms with van der Waals surface area (Å²) in [6, 6.07) is 0. The van der Waals surface area contributed by atoms with E-state index in [2.05, 4.69) is 6.92 Å². The Morgan fingerprint density at radius 1 is 1.00 bits per heavy atom. The van der Waals surface area contributed by atoms with Gasteiger partial charge in [-0.3, -0.25) is 0 Å². The molecule has 0 saturated heterocycles. The Morgan fingerprint density at radius 3 is 2.00 bits per heavy atom. The lowest BCUT2D eigenvalue weighted by Crippen LogP contribution is -1.97. The minimum Gasteiger partial charge on any atom is -0.330 e. The van der Waals surface area contributed by atoms with Gasteiger partial charge in [-0.2, -0.15) is 0 Å². The molecule has 0 heterocycles. The number of unbranched alkanes of at least 4 members (excludes halogenated alkanes) is 4. The highest BCUT2D eigenvalue weighted by Gasteiger charge is 1.83. The lowest BCUT2D eigenvalue weighted by Gasteiger charge is -1.93. The summed E-state index contributed by atoms with van der Waals surface area (Å²) in [4.78, 5) is 0. The molecule has 9 heavy (non-hydrogen) atoms. The number of hydrogen-bond acceptors (Lipinski definition) is 1. The fraction of sp³-hybridized carbons (Fsp3) is 1.00. The molecule has 0 aromatic heterocycles. The van der Waals surface area contributed by atoms with Crippen LogP contribution in [0.3, 0.4) is 0 Å². The Kier molecular flexibility index (Phi) is 14.3. The van der Waals surface area contributed by atoms with Crippen molar-refractivity contribution in [2.75, 3.05) is 6.54 Å². The van der Waals surface area contributed by atoms with Gasteiger partial charge in [0, 0.05) is 8.41 Å². The SMILES string of the molecule is CCCCCCCN.[B]. The topological polar surface area (TPSA) is 26.0 Å². The Balaban J connectivity index is 0. The van der Waals surface area contributed by atoms with E-state index in [1.54, 1.807) is 0 Å². The van der Waals surface area contributed by atoms with E-state index in [0.29, 0.717) is 0 Å². The Hall–Kier alpha value is 0.0249. The molecule has 1 nitrogen and oxygen atoms in total. The molecule has 0 fully saturated rings. The minimum atomic E-state index is 0. The Morgan fingerprint density at radius 2 is 1.56 bits per heavy atom. The molecule has 0 atom stereocenters. The standard InChI is InChI=1S/C7H17N.B/c1-2-3-4-5-6-7-8;/h2-8H2,1H3;. The van der Waals surface area contributed by atoms with Gasteiger partial charge in [-0.05, 0) is 13.0 Å². The van der Waals surface area contributed by atoms with E-state index in [9.17, 15) is 0 Å². The molecule has 53 valence electrons. The first-order valence-corrected chi connectivity index (χ1v) is 3.62. The van der Waals surface area contributed by atoms with Crippen LogP contribution in [0.1, 0.15) is 39.0 Å². The maximum absolute atomic E-state index is 5.31. The molecule has 0 spiro atoms. The maximum atomic E-state index is 5.31. The summed E-state index contributed by atoms with van der Waals surface area (Å²) in [5.41, 5.74) is 5.31. The second-order valence-corrected chi connectivity index (χ2v) is 2.20. The highest BCUT2D eigenvalue weighted by atomic mass is 14.5. The normalized spacial score (nSPS) is 8.67. The van der Waals surface area contributed by atoms with E-state index in [0.717, 1.165) is 6.54 Å². The molecule has 2 N–H and O–H groups in total. The molecule has 0 aliphatic carbocycles. The molecule has 0 saturated carbocycles. The van der Waals surface area contributed by atoms with Crippen molar-refractivity contribution in [3.63, 3.8) is 0 Å². The van der Waals surface area contributed by atoms with Crippen molar-refractivity contribution in [3.05, 3.63) is 0 Å². The van der Waals surface area contributed by atoms with Crippen LogP contribution in [-0.4, -0.2) is 15.0 Å². The van der Waals surface area contributed by atoms with E-state index in [-0.39, 0.29) is 8.41 Å². The molecule has 0 aromatic rings. The van der Waals surface area contributed by atoms with Crippen LogP contribution < -0.4 is 5.73 Å². The van der Waals surface area contributed by atoms with E-state index in [1.165, 1.54) is 32.1 Å². The first-order valence-electron chi connectivity index (χ1n) is 3.62. The van der Waals surface area contributed by atoms with Crippen LogP contribution in [0.15, 0.2) is 0 Å². The average Bonchev–Trinajstić information content (AvgIpc) is 1.81. The second-order valence-electron chi connectivity index (χ2n) is 2.20. The van der Waals surface area contributed by atoms with Gasteiger partial charge in [0.05, 0.1) is 0 Å². The van der Waals surface area contributed by atoms with Crippen LogP contribution in [0, 0.1) is 0 Å². The summed E-state index contributed by atoms with van der Waals surface area (Å²) in [6.07, 6.45) is 6.60. The molecule has 0 amide bonds. The summed E-state index contributed by atoms with van der Waals surface area (Å²) < 4.78 is 0. The molecule has 0 aromatic carbocycles. The predicted molar refractivity (Wildman–Crippen MR) is 43.6 cm³/mol. The highest BCUT2D eigenvalue weighted by molar-refractivity contribution is 5.75. The number of nitrogens with two attached hydrogens (primary N) is 1. The van der Waals surface area contributed by atoms with E-state index in [1.807, 2.05) is 0 Å². The molecule has 2 heteroatoms. The fourth-order valence-corrected chi connectivity index (χ4v) is 0.748. The van der Waals surface area contributed by atoms with Crippen LogP contribution in [0.25, 0.3) is 0 Å². The number of hydrogen-bond donors (Lipinski definition) is 1. The van der Waals surface area contributed by atoms with Crippen molar-refractivity contribution in [3.8, 4) is 0 Å². The molecule has 0 rings (SSSR count). The highest BCUT2D eigenvalue weighted by Crippen LogP contribution is 2.00. The quantitative estimate of drug-likeness (QED) is 0.438. The molecular weight excluding hydrogens is 109 g/mol. The smallest absolute Gasteiger partial charge is 0 e. The van der Waals surface area contributed by atoms with Crippen LogP contribution in [0.2, 0.25) is 0 Å². The van der Waals surface area contributed by atoms with Gasteiger partial charge in [-0.15, -0.1) is 0 Å². The summed E-state index contributed by atoms with van der Waals surface area (Å²) in [6.45, 7) is 3.09. The summed E-state index contributed by atoms with van der Waals surface area (Å²) >= 11 is 0. The maximum Gasteiger partial charge on any atom is 0 e. The first kappa shape index (κ1) is 11.8. The van der Waals surface area contributed by atoms with Gasteiger partial charge >= 0.3 is 0 Å². The molecule has 0 unspecified atom stereocenters. The van der Waals surface area contributed by atoms with Crippen LogP contribution in [-0.2, 0) is 0 Å². The van der Waals surface area contributed by atoms with Crippen LogP contribution >= 0.6 is 0 Å². The lowest BCUT2D eigenvalue weighted by atomic mass is 10.2. The molecule has 0 aliphatic rings. The van der Waals surface area contributed by atoms with E-state index in [4.69, 9.17) is 5.73 Å². The van der Waals surface area contributed by atoms with E-state index >= 15 is 0 Å². The van der Waals surface area contributed by atoms with Crippen LogP contribution in [0.5, 0.6) is 0 Å².